The Hall–Kier alpha value is -1.43. The van der Waals surface area contributed by atoms with E-state index < -0.39 is 0 Å². The molecule has 0 amide bonds. The minimum Gasteiger partial charge on any atom is -0.392 e. The van der Waals surface area contributed by atoms with Gasteiger partial charge in [-0.25, -0.2) is 4.98 Å². The van der Waals surface area contributed by atoms with Crippen LogP contribution in [-0.2, 0) is 19.6 Å². The highest BCUT2D eigenvalue weighted by molar-refractivity contribution is 7.15. The fraction of sp³-hybridized carbons (Fsp3) is 0.550. The molecule has 0 bridgehead atoms. The van der Waals surface area contributed by atoms with Crippen molar-refractivity contribution in [1.82, 2.24) is 9.88 Å². The summed E-state index contributed by atoms with van der Waals surface area (Å²) in [4.78, 5) is 11.0. The quantitative estimate of drug-likeness (QED) is 0.861. The van der Waals surface area contributed by atoms with Crippen LogP contribution < -0.4 is 4.90 Å². The summed E-state index contributed by atoms with van der Waals surface area (Å²) in [5.74, 6) is 0.742. The van der Waals surface area contributed by atoms with Gasteiger partial charge in [0.1, 0.15) is 0 Å². The van der Waals surface area contributed by atoms with Gasteiger partial charge in [-0.2, -0.15) is 0 Å². The van der Waals surface area contributed by atoms with E-state index in [4.69, 9.17) is 5.11 Å². The minimum atomic E-state index is 0.131. The molecule has 0 radical (unpaired) electrons. The molecule has 25 heavy (non-hydrogen) atoms. The number of aliphatic hydroxyl groups excluding tert-OH is 1. The summed E-state index contributed by atoms with van der Waals surface area (Å²) in [6, 6.07) is 8.41. The van der Waals surface area contributed by atoms with Crippen LogP contribution in [-0.4, -0.2) is 41.2 Å². The largest absolute Gasteiger partial charge is 0.392 e. The second-order valence-electron chi connectivity index (χ2n) is 7.37. The van der Waals surface area contributed by atoms with Crippen LogP contribution in [0, 0.1) is 5.92 Å². The third-order valence-corrected chi connectivity index (χ3v) is 6.44. The molecule has 134 valence electrons. The lowest BCUT2D eigenvalue weighted by Gasteiger charge is -2.15. The van der Waals surface area contributed by atoms with Crippen LogP contribution in [0.25, 0.3) is 0 Å². The third kappa shape index (κ3) is 4.22. The van der Waals surface area contributed by atoms with Gasteiger partial charge in [-0.1, -0.05) is 24.3 Å². The van der Waals surface area contributed by atoms with Gasteiger partial charge in [-0.05, 0) is 49.3 Å². The third-order valence-electron chi connectivity index (χ3n) is 5.40. The first-order valence-electron chi connectivity index (χ1n) is 9.41. The van der Waals surface area contributed by atoms with E-state index in [0.717, 1.165) is 24.4 Å². The molecule has 1 N–H and O–H groups in total. The molecule has 0 spiro atoms. The summed E-state index contributed by atoms with van der Waals surface area (Å²) < 4.78 is 0. The molecule has 0 aliphatic carbocycles. The molecule has 3 heterocycles. The maximum atomic E-state index is 9.14. The van der Waals surface area contributed by atoms with E-state index >= 15 is 0 Å². The molecule has 2 fully saturated rings. The van der Waals surface area contributed by atoms with Crippen molar-refractivity contribution >= 4 is 16.5 Å². The SMILES string of the molecule is OCc1ccc(CC2CCN(Cc3cnc(N4CCCC4)s3)C2)cc1. The number of hydrogen-bond acceptors (Lipinski definition) is 5. The van der Waals surface area contributed by atoms with Crippen molar-refractivity contribution in [3.05, 3.63) is 46.5 Å². The molecule has 1 atom stereocenters. The molecule has 2 aromatic rings. The molecule has 2 aliphatic heterocycles. The Morgan fingerprint density at radius 2 is 1.84 bits per heavy atom. The molecular weight excluding hydrogens is 330 g/mol. The highest BCUT2D eigenvalue weighted by atomic mass is 32.1. The summed E-state index contributed by atoms with van der Waals surface area (Å²) in [7, 11) is 0. The standard InChI is InChI=1S/C20H27N3OS/c24-15-17-5-3-16(4-6-17)11-18-7-10-22(13-18)14-19-12-21-20(25-19)23-8-1-2-9-23/h3-6,12,18,24H,1-2,7-11,13-15H2. The van der Waals surface area contributed by atoms with E-state index in [1.807, 2.05) is 23.5 Å². The first-order chi connectivity index (χ1) is 12.3. The van der Waals surface area contributed by atoms with Crippen molar-refractivity contribution in [1.29, 1.82) is 0 Å². The summed E-state index contributed by atoms with van der Waals surface area (Å²) in [6.07, 6.45) is 7.12. The monoisotopic (exact) mass is 357 g/mol. The van der Waals surface area contributed by atoms with Crippen LogP contribution in [0.1, 0.15) is 35.3 Å². The molecule has 1 aromatic heterocycles. The molecule has 4 nitrogen and oxygen atoms in total. The molecule has 2 saturated heterocycles. The smallest absolute Gasteiger partial charge is 0.185 e. The fourth-order valence-corrected chi connectivity index (χ4v) is 4.99. The average molecular weight is 358 g/mol. The number of benzene rings is 1. The van der Waals surface area contributed by atoms with E-state index in [1.165, 1.54) is 61.0 Å². The molecule has 1 aromatic carbocycles. The van der Waals surface area contributed by atoms with E-state index in [1.54, 1.807) is 0 Å². The van der Waals surface area contributed by atoms with Gasteiger partial charge in [0.15, 0.2) is 5.13 Å². The van der Waals surface area contributed by atoms with E-state index in [-0.39, 0.29) is 6.61 Å². The Kier molecular flexibility index (Phi) is 5.34. The second-order valence-corrected chi connectivity index (χ2v) is 8.47. The van der Waals surface area contributed by atoms with Crippen LogP contribution in [0.15, 0.2) is 30.5 Å². The number of aliphatic hydroxyl groups is 1. The maximum Gasteiger partial charge on any atom is 0.185 e. The van der Waals surface area contributed by atoms with E-state index in [2.05, 4.69) is 33.1 Å². The topological polar surface area (TPSA) is 39.6 Å². The van der Waals surface area contributed by atoms with Gasteiger partial charge >= 0.3 is 0 Å². The van der Waals surface area contributed by atoms with E-state index in [9.17, 15) is 0 Å². The first kappa shape index (κ1) is 17.0. The van der Waals surface area contributed by atoms with Crippen molar-refractivity contribution in [2.75, 3.05) is 31.1 Å². The molecule has 4 rings (SSSR count). The number of aromatic nitrogens is 1. The summed E-state index contributed by atoms with van der Waals surface area (Å²) >= 11 is 1.88. The zero-order chi connectivity index (χ0) is 17.1. The second kappa shape index (κ2) is 7.85. The number of likely N-dealkylation sites (tertiary alicyclic amines) is 1. The Morgan fingerprint density at radius 3 is 2.60 bits per heavy atom. The van der Waals surface area contributed by atoms with Crippen LogP contribution >= 0.6 is 11.3 Å². The van der Waals surface area contributed by atoms with Crippen LogP contribution in [0.5, 0.6) is 0 Å². The molecule has 1 unspecified atom stereocenters. The maximum absolute atomic E-state index is 9.14. The average Bonchev–Trinajstić information content (AvgIpc) is 3.37. The number of nitrogens with zero attached hydrogens (tertiary/aromatic N) is 3. The lowest BCUT2D eigenvalue weighted by atomic mass is 9.98. The predicted octanol–water partition coefficient (Wildman–Crippen LogP) is 3.30. The Balaban J connectivity index is 1.28. The summed E-state index contributed by atoms with van der Waals surface area (Å²) in [6.45, 7) is 5.90. The van der Waals surface area contributed by atoms with Crippen molar-refractivity contribution < 1.29 is 5.11 Å². The zero-order valence-corrected chi connectivity index (χ0v) is 15.5. The molecule has 5 heteroatoms. The number of hydrogen-bond donors (Lipinski definition) is 1. The Labute approximate surface area is 154 Å². The summed E-state index contributed by atoms with van der Waals surface area (Å²) in [5, 5.41) is 10.4. The Bertz CT molecular complexity index is 679. The van der Waals surface area contributed by atoms with Gasteiger partial charge in [0, 0.05) is 37.3 Å². The lowest BCUT2D eigenvalue weighted by Crippen LogP contribution is -2.20. The highest BCUT2D eigenvalue weighted by Crippen LogP contribution is 2.28. The molecule has 0 saturated carbocycles. The summed E-state index contributed by atoms with van der Waals surface area (Å²) in [5.41, 5.74) is 2.38. The van der Waals surface area contributed by atoms with Gasteiger partial charge in [0.25, 0.3) is 0 Å². The number of thiazole rings is 1. The zero-order valence-electron chi connectivity index (χ0n) is 14.7. The predicted molar refractivity (Wildman–Crippen MR) is 103 cm³/mol. The normalized spacial score (nSPS) is 21.3. The van der Waals surface area contributed by atoms with Gasteiger partial charge in [-0.3, -0.25) is 4.90 Å². The lowest BCUT2D eigenvalue weighted by molar-refractivity contribution is 0.282. The Morgan fingerprint density at radius 1 is 1.08 bits per heavy atom. The van der Waals surface area contributed by atoms with Gasteiger partial charge in [-0.15, -0.1) is 11.3 Å². The minimum absolute atomic E-state index is 0.131. The van der Waals surface area contributed by atoms with E-state index in [0.29, 0.717) is 0 Å². The van der Waals surface area contributed by atoms with Gasteiger partial charge in [0.05, 0.1) is 6.61 Å². The van der Waals surface area contributed by atoms with Crippen molar-refractivity contribution in [3.63, 3.8) is 0 Å². The van der Waals surface area contributed by atoms with Crippen LogP contribution in [0.4, 0.5) is 5.13 Å². The first-order valence-corrected chi connectivity index (χ1v) is 10.2. The highest BCUT2D eigenvalue weighted by Gasteiger charge is 2.24. The number of rotatable bonds is 6. The van der Waals surface area contributed by atoms with Gasteiger partial charge < -0.3 is 10.0 Å². The van der Waals surface area contributed by atoms with Crippen LogP contribution in [0.3, 0.4) is 0 Å². The van der Waals surface area contributed by atoms with Crippen molar-refractivity contribution in [3.8, 4) is 0 Å². The molecule has 2 aliphatic rings. The molecular formula is C20H27N3OS. The number of anilines is 1. The van der Waals surface area contributed by atoms with Crippen LogP contribution in [0.2, 0.25) is 0 Å². The van der Waals surface area contributed by atoms with Gasteiger partial charge in [0.2, 0.25) is 0 Å². The fourth-order valence-electron chi connectivity index (χ4n) is 3.98. The van der Waals surface area contributed by atoms with Crippen molar-refractivity contribution in [2.45, 2.75) is 38.8 Å². The van der Waals surface area contributed by atoms with Crippen molar-refractivity contribution in [2.24, 2.45) is 5.92 Å².